The summed E-state index contributed by atoms with van der Waals surface area (Å²) in [6.07, 6.45) is 5.77. The molecule has 1 saturated heterocycles. The van der Waals surface area contributed by atoms with Gasteiger partial charge in [0.05, 0.1) is 12.7 Å². The first-order chi connectivity index (χ1) is 10.8. The van der Waals surface area contributed by atoms with Crippen molar-refractivity contribution in [3.8, 4) is 0 Å². The van der Waals surface area contributed by atoms with Crippen LogP contribution in [0.3, 0.4) is 0 Å². The van der Waals surface area contributed by atoms with Crippen molar-refractivity contribution in [3.05, 3.63) is 40.2 Å². The van der Waals surface area contributed by atoms with Crippen molar-refractivity contribution in [3.63, 3.8) is 0 Å². The topological polar surface area (TPSA) is 41.3 Å². The van der Waals surface area contributed by atoms with Crippen molar-refractivity contribution in [1.82, 2.24) is 15.2 Å². The van der Waals surface area contributed by atoms with Gasteiger partial charge >= 0.3 is 0 Å². The fourth-order valence-corrected chi connectivity index (χ4v) is 4.51. The summed E-state index contributed by atoms with van der Waals surface area (Å²) in [4.78, 5) is 6.99. The predicted octanol–water partition coefficient (Wildman–Crippen LogP) is 4.03. The molecule has 2 aliphatic rings. The third-order valence-electron chi connectivity index (χ3n) is 5.16. The number of aromatic nitrogens is 1. The van der Waals surface area contributed by atoms with Gasteiger partial charge in [-0.3, -0.25) is 4.90 Å². The number of aryl methyl sites for hydroxylation is 1. The Kier molecular flexibility index (Phi) is 6.74. The van der Waals surface area contributed by atoms with E-state index in [0.29, 0.717) is 11.5 Å². The lowest BCUT2D eigenvalue weighted by Gasteiger charge is -2.28. The van der Waals surface area contributed by atoms with E-state index in [0.717, 1.165) is 24.7 Å². The van der Waals surface area contributed by atoms with Crippen molar-refractivity contribution in [2.24, 2.45) is 5.41 Å². The van der Waals surface area contributed by atoms with E-state index < -0.39 is 0 Å². The second kappa shape index (κ2) is 8.19. The maximum absolute atomic E-state index is 5.72. The molecule has 1 aliphatic heterocycles. The molecule has 1 atom stereocenters. The van der Waals surface area contributed by atoms with E-state index in [1.165, 1.54) is 37.9 Å². The lowest BCUT2D eigenvalue weighted by Crippen LogP contribution is -2.35. The zero-order valence-electron chi connectivity index (χ0n) is 13.9. The van der Waals surface area contributed by atoms with E-state index in [1.807, 2.05) is 13.1 Å². The lowest BCUT2D eigenvalue weighted by molar-refractivity contribution is 0.173. The highest BCUT2D eigenvalue weighted by Crippen LogP contribution is 2.56. The van der Waals surface area contributed by atoms with Gasteiger partial charge in [-0.25, -0.2) is 4.98 Å². The summed E-state index contributed by atoms with van der Waals surface area (Å²) in [5.41, 5.74) is 1.95. The standard InChI is InChI=1S/C17H23N3OS.2ClH/c1-13-9-19-16(21-13)11-20(10-14-2-7-22-12-14)15-8-17(15)3-5-18-6-4-17;;/h2,7,9,12,15,18H,3-6,8,10-11H2,1H3;2*1H. The Morgan fingerprint density at radius 3 is 2.75 bits per heavy atom. The normalized spacial score (nSPS) is 21.3. The van der Waals surface area contributed by atoms with E-state index >= 15 is 0 Å². The van der Waals surface area contributed by atoms with Crippen LogP contribution in [0.5, 0.6) is 0 Å². The molecule has 24 heavy (non-hydrogen) atoms. The predicted molar refractivity (Wildman–Crippen MR) is 102 cm³/mol. The second-order valence-corrected chi connectivity index (χ2v) is 7.51. The van der Waals surface area contributed by atoms with Crippen LogP contribution < -0.4 is 5.32 Å². The molecule has 1 unspecified atom stereocenters. The first-order valence-corrected chi connectivity index (χ1v) is 9.07. The van der Waals surface area contributed by atoms with Crippen LogP contribution in [0.25, 0.3) is 0 Å². The Bertz CT molecular complexity index is 626. The van der Waals surface area contributed by atoms with E-state index in [2.05, 4.69) is 32.0 Å². The molecule has 0 radical (unpaired) electrons. The van der Waals surface area contributed by atoms with E-state index in [4.69, 9.17) is 4.42 Å². The highest BCUT2D eigenvalue weighted by molar-refractivity contribution is 7.07. The smallest absolute Gasteiger partial charge is 0.208 e. The number of piperidine rings is 1. The second-order valence-electron chi connectivity index (χ2n) is 6.73. The largest absolute Gasteiger partial charge is 0.445 e. The molecule has 4 rings (SSSR count). The minimum absolute atomic E-state index is 0. The summed E-state index contributed by atoms with van der Waals surface area (Å²) in [5.74, 6) is 1.75. The summed E-state index contributed by atoms with van der Waals surface area (Å²) in [6.45, 7) is 6.13. The number of nitrogens with zero attached hydrogens (tertiary/aromatic N) is 2. The molecule has 1 spiro atoms. The van der Waals surface area contributed by atoms with Gasteiger partial charge in [-0.15, -0.1) is 24.8 Å². The van der Waals surface area contributed by atoms with Crippen LogP contribution in [-0.2, 0) is 13.1 Å². The Morgan fingerprint density at radius 1 is 1.33 bits per heavy atom. The molecule has 1 N–H and O–H groups in total. The first-order valence-electron chi connectivity index (χ1n) is 8.12. The van der Waals surface area contributed by atoms with Crippen molar-refractivity contribution < 1.29 is 4.42 Å². The molecule has 3 heterocycles. The van der Waals surface area contributed by atoms with E-state index in [1.54, 1.807) is 11.3 Å². The number of nitrogens with one attached hydrogen (secondary N) is 1. The molecule has 134 valence electrons. The maximum Gasteiger partial charge on any atom is 0.208 e. The zero-order valence-corrected chi connectivity index (χ0v) is 16.3. The Hall–Kier alpha value is -0.590. The SMILES string of the molecule is Cc1cnc(CN(Cc2ccsc2)C2CC23CCNCC3)o1.Cl.Cl. The van der Waals surface area contributed by atoms with Gasteiger partial charge in [0, 0.05) is 12.6 Å². The van der Waals surface area contributed by atoms with Crippen LogP contribution in [-0.4, -0.2) is 29.0 Å². The van der Waals surface area contributed by atoms with Crippen LogP contribution >= 0.6 is 36.2 Å². The molecule has 0 amide bonds. The molecular formula is C17H25Cl2N3OS. The maximum atomic E-state index is 5.72. The third kappa shape index (κ3) is 4.14. The summed E-state index contributed by atoms with van der Waals surface area (Å²) < 4.78 is 5.72. The highest BCUT2D eigenvalue weighted by Gasteiger charge is 2.56. The van der Waals surface area contributed by atoms with Gasteiger partial charge in [0.25, 0.3) is 0 Å². The van der Waals surface area contributed by atoms with Gasteiger partial charge in [0.2, 0.25) is 5.89 Å². The summed E-state index contributed by atoms with van der Waals surface area (Å²) >= 11 is 1.78. The van der Waals surface area contributed by atoms with E-state index in [9.17, 15) is 0 Å². The van der Waals surface area contributed by atoms with Gasteiger partial charge in [-0.2, -0.15) is 11.3 Å². The molecule has 4 nitrogen and oxygen atoms in total. The number of thiophene rings is 1. The quantitative estimate of drug-likeness (QED) is 0.837. The van der Waals surface area contributed by atoms with Gasteiger partial charge in [0.15, 0.2) is 0 Å². The molecule has 2 aromatic heterocycles. The number of rotatable bonds is 5. The van der Waals surface area contributed by atoms with Crippen molar-refractivity contribution in [2.45, 2.75) is 45.3 Å². The minimum Gasteiger partial charge on any atom is -0.445 e. The van der Waals surface area contributed by atoms with Crippen LogP contribution in [0, 0.1) is 12.3 Å². The average molecular weight is 390 g/mol. The summed E-state index contributed by atoms with van der Waals surface area (Å²) in [6, 6.07) is 2.91. The van der Waals surface area contributed by atoms with Gasteiger partial charge in [-0.1, -0.05) is 0 Å². The monoisotopic (exact) mass is 389 g/mol. The fourth-order valence-electron chi connectivity index (χ4n) is 3.85. The van der Waals surface area contributed by atoms with Crippen LogP contribution in [0.2, 0.25) is 0 Å². The molecule has 1 aliphatic carbocycles. The highest BCUT2D eigenvalue weighted by atomic mass is 35.5. The van der Waals surface area contributed by atoms with E-state index in [-0.39, 0.29) is 24.8 Å². The molecule has 0 bridgehead atoms. The molecule has 7 heteroatoms. The van der Waals surface area contributed by atoms with Crippen LogP contribution in [0.15, 0.2) is 27.4 Å². The van der Waals surface area contributed by atoms with Gasteiger partial charge in [-0.05, 0) is 67.1 Å². The van der Waals surface area contributed by atoms with Crippen LogP contribution in [0.1, 0.15) is 36.5 Å². The molecular weight excluding hydrogens is 365 g/mol. The Morgan fingerprint density at radius 2 is 2.12 bits per heavy atom. The Labute approximate surface area is 159 Å². The lowest BCUT2D eigenvalue weighted by atomic mass is 9.93. The van der Waals surface area contributed by atoms with Crippen molar-refractivity contribution in [2.75, 3.05) is 13.1 Å². The third-order valence-corrected chi connectivity index (χ3v) is 5.89. The molecule has 0 aromatic carbocycles. The minimum atomic E-state index is 0. The zero-order chi connectivity index (χ0) is 15.0. The average Bonchev–Trinajstić information content (AvgIpc) is 2.90. The molecule has 2 aromatic rings. The van der Waals surface area contributed by atoms with Gasteiger partial charge in [0.1, 0.15) is 5.76 Å². The first kappa shape index (κ1) is 19.7. The Balaban J connectivity index is 0.00000104. The molecule has 1 saturated carbocycles. The van der Waals surface area contributed by atoms with Gasteiger partial charge < -0.3 is 9.73 Å². The number of halogens is 2. The number of hydrogen-bond acceptors (Lipinski definition) is 5. The molecule has 2 fully saturated rings. The fraction of sp³-hybridized carbons (Fsp3) is 0.588. The number of oxazole rings is 1. The van der Waals surface area contributed by atoms with Crippen LogP contribution in [0.4, 0.5) is 0 Å². The number of hydrogen-bond donors (Lipinski definition) is 1. The summed E-state index contributed by atoms with van der Waals surface area (Å²) in [7, 11) is 0. The summed E-state index contributed by atoms with van der Waals surface area (Å²) in [5, 5.41) is 7.91. The van der Waals surface area contributed by atoms with Crippen molar-refractivity contribution in [1.29, 1.82) is 0 Å². The van der Waals surface area contributed by atoms with Crippen molar-refractivity contribution >= 4 is 36.2 Å².